The van der Waals surface area contributed by atoms with Crippen LogP contribution in [0.3, 0.4) is 0 Å². The van der Waals surface area contributed by atoms with E-state index in [1.54, 1.807) is 13.8 Å². The van der Waals surface area contributed by atoms with E-state index >= 15 is 0 Å². The number of rotatable bonds is 4. The number of nitrogens with zero attached hydrogens (tertiary/aromatic N) is 1. The Morgan fingerprint density at radius 2 is 1.90 bits per heavy atom. The summed E-state index contributed by atoms with van der Waals surface area (Å²) in [5.41, 5.74) is -2.97. The fourth-order valence-corrected chi connectivity index (χ4v) is 1.31. The Morgan fingerprint density at radius 1 is 1.35 bits per heavy atom. The number of amides is 1. The summed E-state index contributed by atoms with van der Waals surface area (Å²) in [6.07, 6.45) is 0. The second kappa shape index (κ2) is 5.16. The molecule has 1 rings (SSSR count). The van der Waals surface area contributed by atoms with E-state index in [2.05, 4.69) is 5.32 Å². The summed E-state index contributed by atoms with van der Waals surface area (Å²) in [4.78, 5) is 21.7. The van der Waals surface area contributed by atoms with Crippen molar-refractivity contribution in [1.82, 2.24) is 5.32 Å². The average Bonchev–Trinajstić information content (AvgIpc) is 2.26. The molecular formula is C13H17FN2O4. The van der Waals surface area contributed by atoms with E-state index in [4.69, 9.17) is 0 Å². The van der Waals surface area contributed by atoms with E-state index < -0.39 is 33.5 Å². The van der Waals surface area contributed by atoms with Crippen molar-refractivity contribution < 1.29 is 19.2 Å². The number of hydrogen-bond donors (Lipinski definition) is 2. The molecule has 0 radical (unpaired) electrons. The van der Waals surface area contributed by atoms with Crippen molar-refractivity contribution >= 4 is 11.6 Å². The van der Waals surface area contributed by atoms with Crippen molar-refractivity contribution in [1.29, 1.82) is 0 Å². The summed E-state index contributed by atoms with van der Waals surface area (Å²) in [5, 5.41) is 22.9. The highest BCUT2D eigenvalue weighted by Crippen LogP contribution is 2.22. The van der Waals surface area contributed by atoms with Crippen molar-refractivity contribution in [2.24, 2.45) is 0 Å². The third-order valence-electron chi connectivity index (χ3n) is 3.36. The molecule has 6 nitrogen and oxygen atoms in total. The molecule has 0 spiro atoms. The number of aliphatic hydroxyl groups is 1. The summed E-state index contributed by atoms with van der Waals surface area (Å²) < 4.78 is 13.7. The molecule has 20 heavy (non-hydrogen) atoms. The SMILES string of the molecule is CC(C)(O)C(C)(C)NC(=O)c1ccc([N+](=O)[O-])cc1F. The average molecular weight is 284 g/mol. The predicted octanol–water partition coefficient (Wildman–Crippen LogP) is 2.01. The lowest BCUT2D eigenvalue weighted by Gasteiger charge is -2.38. The number of carbonyl (C=O) groups excluding carboxylic acids is 1. The van der Waals surface area contributed by atoms with E-state index in [1.807, 2.05) is 0 Å². The smallest absolute Gasteiger partial charge is 0.272 e. The molecule has 0 heterocycles. The number of nitrogens with one attached hydrogen (secondary N) is 1. The molecule has 1 aromatic carbocycles. The van der Waals surface area contributed by atoms with Gasteiger partial charge in [-0.05, 0) is 33.8 Å². The van der Waals surface area contributed by atoms with Gasteiger partial charge >= 0.3 is 0 Å². The van der Waals surface area contributed by atoms with Crippen LogP contribution >= 0.6 is 0 Å². The van der Waals surface area contributed by atoms with Crippen LogP contribution in [0.2, 0.25) is 0 Å². The molecule has 1 amide bonds. The molecule has 7 heteroatoms. The van der Waals surface area contributed by atoms with Crippen molar-refractivity contribution in [3.05, 3.63) is 39.7 Å². The van der Waals surface area contributed by atoms with Gasteiger partial charge in [-0.25, -0.2) is 4.39 Å². The van der Waals surface area contributed by atoms with Gasteiger partial charge in [0, 0.05) is 6.07 Å². The molecule has 0 aromatic heterocycles. The van der Waals surface area contributed by atoms with E-state index in [9.17, 15) is 24.4 Å². The van der Waals surface area contributed by atoms with Crippen molar-refractivity contribution in [2.75, 3.05) is 0 Å². The minimum Gasteiger partial charge on any atom is -0.388 e. The Hall–Kier alpha value is -2.02. The summed E-state index contributed by atoms with van der Waals surface area (Å²) in [7, 11) is 0. The highest BCUT2D eigenvalue weighted by Gasteiger charge is 2.37. The first kappa shape index (κ1) is 16.0. The lowest BCUT2D eigenvalue weighted by molar-refractivity contribution is -0.385. The zero-order chi connectivity index (χ0) is 15.7. The molecule has 2 N–H and O–H groups in total. The first-order chi connectivity index (χ1) is 8.95. The molecule has 0 fully saturated rings. The van der Waals surface area contributed by atoms with Gasteiger partial charge in [0.2, 0.25) is 0 Å². The monoisotopic (exact) mass is 284 g/mol. The maximum atomic E-state index is 13.7. The molecule has 0 aliphatic rings. The van der Waals surface area contributed by atoms with E-state index in [1.165, 1.54) is 13.8 Å². The van der Waals surface area contributed by atoms with Gasteiger partial charge in [-0.3, -0.25) is 14.9 Å². The zero-order valence-corrected chi connectivity index (χ0v) is 11.7. The van der Waals surface area contributed by atoms with Crippen LogP contribution in [0.5, 0.6) is 0 Å². The lowest BCUT2D eigenvalue weighted by Crippen LogP contribution is -2.57. The van der Waals surface area contributed by atoms with Crippen LogP contribution in [0.25, 0.3) is 0 Å². The van der Waals surface area contributed by atoms with Gasteiger partial charge in [0.05, 0.1) is 27.7 Å². The number of carbonyl (C=O) groups is 1. The van der Waals surface area contributed by atoms with Crippen LogP contribution in [0.4, 0.5) is 10.1 Å². The van der Waals surface area contributed by atoms with Crippen molar-refractivity contribution in [2.45, 2.75) is 38.8 Å². The second-order valence-corrected chi connectivity index (χ2v) is 5.56. The number of hydrogen-bond acceptors (Lipinski definition) is 4. The first-order valence-electron chi connectivity index (χ1n) is 5.94. The summed E-state index contributed by atoms with van der Waals surface area (Å²) in [6.45, 7) is 6.21. The molecule has 110 valence electrons. The fourth-order valence-electron chi connectivity index (χ4n) is 1.31. The highest BCUT2D eigenvalue weighted by molar-refractivity contribution is 5.95. The summed E-state index contributed by atoms with van der Waals surface area (Å²) in [6, 6.07) is 2.78. The molecule has 0 aliphatic heterocycles. The zero-order valence-electron chi connectivity index (χ0n) is 11.7. The summed E-state index contributed by atoms with van der Waals surface area (Å²) >= 11 is 0. The maximum Gasteiger partial charge on any atom is 0.272 e. The second-order valence-electron chi connectivity index (χ2n) is 5.56. The third-order valence-corrected chi connectivity index (χ3v) is 3.36. The first-order valence-corrected chi connectivity index (χ1v) is 5.94. The van der Waals surface area contributed by atoms with Gasteiger partial charge in [-0.2, -0.15) is 0 Å². The van der Waals surface area contributed by atoms with Gasteiger partial charge in [0.25, 0.3) is 11.6 Å². The van der Waals surface area contributed by atoms with Gasteiger partial charge in [0.1, 0.15) is 5.82 Å². The van der Waals surface area contributed by atoms with E-state index in [-0.39, 0.29) is 5.56 Å². The number of halogens is 1. The number of nitro groups is 1. The molecular weight excluding hydrogens is 267 g/mol. The quantitative estimate of drug-likeness (QED) is 0.653. The number of nitro benzene ring substituents is 1. The molecule has 0 saturated heterocycles. The molecule has 0 saturated carbocycles. The van der Waals surface area contributed by atoms with Crippen molar-refractivity contribution in [3.8, 4) is 0 Å². The Bertz CT molecular complexity index is 550. The topological polar surface area (TPSA) is 92.5 Å². The van der Waals surface area contributed by atoms with Gasteiger partial charge in [0.15, 0.2) is 0 Å². The van der Waals surface area contributed by atoms with Gasteiger partial charge in [-0.15, -0.1) is 0 Å². The molecule has 0 bridgehead atoms. The fraction of sp³-hybridized carbons (Fsp3) is 0.462. The Labute approximate surface area is 115 Å². The Morgan fingerprint density at radius 3 is 2.30 bits per heavy atom. The Kier molecular flexibility index (Phi) is 4.14. The lowest BCUT2D eigenvalue weighted by atomic mass is 9.85. The van der Waals surface area contributed by atoms with Crippen LogP contribution in [0.15, 0.2) is 18.2 Å². The summed E-state index contributed by atoms with van der Waals surface area (Å²) in [5.74, 6) is -1.73. The number of benzene rings is 1. The van der Waals surface area contributed by atoms with Crippen LogP contribution < -0.4 is 5.32 Å². The maximum absolute atomic E-state index is 13.7. The highest BCUT2D eigenvalue weighted by atomic mass is 19.1. The predicted molar refractivity (Wildman–Crippen MR) is 70.9 cm³/mol. The molecule has 0 atom stereocenters. The minimum absolute atomic E-state index is 0.312. The molecule has 0 aliphatic carbocycles. The standard InChI is InChI=1S/C13H17FN2O4/c1-12(2,13(3,4)18)15-11(17)9-6-5-8(16(19)20)7-10(9)14/h5-7,18H,1-4H3,(H,15,17). The third kappa shape index (κ3) is 3.30. The van der Waals surface area contributed by atoms with Crippen LogP contribution in [0.1, 0.15) is 38.1 Å². The van der Waals surface area contributed by atoms with Gasteiger partial charge < -0.3 is 10.4 Å². The minimum atomic E-state index is -1.22. The molecule has 0 unspecified atom stereocenters. The van der Waals surface area contributed by atoms with Crippen molar-refractivity contribution in [3.63, 3.8) is 0 Å². The van der Waals surface area contributed by atoms with Crippen LogP contribution in [-0.4, -0.2) is 27.1 Å². The van der Waals surface area contributed by atoms with Crippen LogP contribution in [-0.2, 0) is 0 Å². The van der Waals surface area contributed by atoms with E-state index in [0.29, 0.717) is 6.07 Å². The Balaban J connectivity index is 3.03. The largest absolute Gasteiger partial charge is 0.388 e. The van der Waals surface area contributed by atoms with Crippen LogP contribution in [0, 0.1) is 15.9 Å². The number of non-ortho nitro benzene ring substituents is 1. The van der Waals surface area contributed by atoms with E-state index in [0.717, 1.165) is 12.1 Å². The normalized spacial score (nSPS) is 12.1. The van der Waals surface area contributed by atoms with Gasteiger partial charge in [-0.1, -0.05) is 0 Å². The molecule has 1 aromatic rings.